The Labute approximate surface area is 174 Å². The van der Waals surface area contributed by atoms with Crippen LogP contribution in [0.4, 0.5) is 20.2 Å². The van der Waals surface area contributed by atoms with Crippen molar-refractivity contribution in [1.82, 2.24) is 0 Å². The summed E-state index contributed by atoms with van der Waals surface area (Å²) in [6, 6.07) is 14.3. The first kappa shape index (κ1) is 21.4. The van der Waals surface area contributed by atoms with Crippen LogP contribution < -0.4 is 9.62 Å². The van der Waals surface area contributed by atoms with Gasteiger partial charge >= 0.3 is 0 Å². The van der Waals surface area contributed by atoms with Crippen LogP contribution in [0, 0.1) is 25.5 Å². The van der Waals surface area contributed by atoms with E-state index >= 15 is 0 Å². The zero-order valence-electron chi connectivity index (χ0n) is 16.4. The van der Waals surface area contributed by atoms with Crippen LogP contribution in [0.1, 0.15) is 11.1 Å². The van der Waals surface area contributed by atoms with Crippen LogP contribution in [0.15, 0.2) is 71.6 Å². The van der Waals surface area contributed by atoms with E-state index in [9.17, 15) is 22.0 Å². The monoisotopic (exact) mass is 430 g/mol. The molecule has 0 aliphatic rings. The maximum Gasteiger partial charge on any atom is 0.264 e. The molecule has 30 heavy (non-hydrogen) atoms. The molecule has 0 aliphatic heterocycles. The minimum Gasteiger partial charge on any atom is -0.325 e. The molecule has 3 aromatic carbocycles. The van der Waals surface area contributed by atoms with Gasteiger partial charge < -0.3 is 5.32 Å². The Kier molecular flexibility index (Phi) is 6.17. The van der Waals surface area contributed by atoms with Gasteiger partial charge in [0, 0.05) is 5.69 Å². The SMILES string of the molecule is Cc1ccc(NC(=O)CN(c2ccc(F)cc2)S(=O)(=O)c2ccc(F)cc2)cc1C. The molecule has 0 saturated carbocycles. The number of carbonyl (C=O) groups excluding carboxylic acids is 1. The van der Waals surface area contributed by atoms with Gasteiger partial charge in [0.25, 0.3) is 10.0 Å². The third kappa shape index (κ3) is 4.83. The highest BCUT2D eigenvalue weighted by Crippen LogP contribution is 2.24. The fourth-order valence-corrected chi connectivity index (χ4v) is 4.23. The number of hydrogen-bond acceptors (Lipinski definition) is 3. The Bertz CT molecular complexity index is 1160. The van der Waals surface area contributed by atoms with Crippen LogP contribution >= 0.6 is 0 Å². The third-order valence-corrected chi connectivity index (χ3v) is 6.38. The molecule has 3 aromatic rings. The summed E-state index contributed by atoms with van der Waals surface area (Å²) in [7, 11) is -4.20. The summed E-state index contributed by atoms with van der Waals surface area (Å²) in [5.74, 6) is -1.71. The smallest absolute Gasteiger partial charge is 0.264 e. The predicted octanol–water partition coefficient (Wildman–Crippen LogP) is 4.42. The number of halogens is 2. The van der Waals surface area contributed by atoms with Crippen LogP contribution in [0.3, 0.4) is 0 Å². The summed E-state index contributed by atoms with van der Waals surface area (Å²) in [4.78, 5) is 12.5. The lowest BCUT2D eigenvalue weighted by Gasteiger charge is -2.24. The minimum atomic E-state index is -4.20. The molecule has 0 spiro atoms. The lowest BCUT2D eigenvalue weighted by molar-refractivity contribution is -0.114. The second-order valence-corrected chi connectivity index (χ2v) is 8.65. The summed E-state index contributed by atoms with van der Waals surface area (Å²) in [5.41, 5.74) is 2.67. The zero-order chi connectivity index (χ0) is 21.9. The summed E-state index contributed by atoms with van der Waals surface area (Å²) >= 11 is 0. The number of benzene rings is 3. The zero-order valence-corrected chi connectivity index (χ0v) is 17.2. The normalized spacial score (nSPS) is 11.2. The van der Waals surface area contributed by atoms with Crippen molar-refractivity contribution in [3.63, 3.8) is 0 Å². The average Bonchev–Trinajstić information content (AvgIpc) is 2.70. The molecule has 0 aliphatic carbocycles. The van der Waals surface area contributed by atoms with Crippen LogP contribution in [0.2, 0.25) is 0 Å². The Balaban J connectivity index is 1.93. The lowest BCUT2D eigenvalue weighted by Crippen LogP contribution is -2.38. The van der Waals surface area contributed by atoms with Crippen molar-refractivity contribution in [2.75, 3.05) is 16.2 Å². The highest BCUT2D eigenvalue weighted by molar-refractivity contribution is 7.92. The third-order valence-electron chi connectivity index (χ3n) is 4.59. The first-order chi connectivity index (χ1) is 14.2. The molecule has 3 rings (SSSR count). The van der Waals surface area contributed by atoms with Crippen LogP contribution in [0.5, 0.6) is 0 Å². The van der Waals surface area contributed by atoms with Gasteiger partial charge in [-0.3, -0.25) is 9.10 Å². The van der Waals surface area contributed by atoms with Gasteiger partial charge in [-0.05, 0) is 85.6 Å². The fourth-order valence-electron chi connectivity index (χ4n) is 2.81. The van der Waals surface area contributed by atoms with Crippen molar-refractivity contribution < 1.29 is 22.0 Å². The molecule has 156 valence electrons. The van der Waals surface area contributed by atoms with Gasteiger partial charge in [-0.2, -0.15) is 0 Å². The van der Waals surface area contributed by atoms with E-state index in [1.807, 2.05) is 19.9 Å². The maximum absolute atomic E-state index is 13.3. The number of aryl methyl sites for hydroxylation is 2. The summed E-state index contributed by atoms with van der Waals surface area (Å²) in [6.07, 6.45) is 0. The Hall–Kier alpha value is -3.26. The Morgan fingerprint density at radius 3 is 2.00 bits per heavy atom. The van der Waals surface area contributed by atoms with E-state index in [0.717, 1.165) is 51.8 Å². The molecule has 0 heterocycles. The maximum atomic E-state index is 13.3. The largest absolute Gasteiger partial charge is 0.325 e. The number of amides is 1. The average molecular weight is 430 g/mol. The number of anilines is 2. The Morgan fingerprint density at radius 2 is 1.43 bits per heavy atom. The van der Waals surface area contributed by atoms with E-state index in [0.29, 0.717) is 5.69 Å². The molecule has 0 fully saturated rings. The molecule has 0 aromatic heterocycles. The van der Waals surface area contributed by atoms with E-state index in [2.05, 4.69) is 5.32 Å². The minimum absolute atomic E-state index is 0.107. The molecule has 0 bridgehead atoms. The van der Waals surface area contributed by atoms with Crippen molar-refractivity contribution in [3.8, 4) is 0 Å². The molecule has 1 amide bonds. The van der Waals surface area contributed by atoms with E-state index in [1.165, 1.54) is 12.1 Å². The van der Waals surface area contributed by atoms with Gasteiger partial charge in [0.1, 0.15) is 18.2 Å². The van der Waals surface area contributed by atoms with Crippen molar-refractivity contribution >= 4 is 27.3 Å². The van der Waals surface area contributed by atoms with E-state index in [-0.39, 0.29) is 10.6 Å². The quantitative estimate of drug-likeness (QED) is 0.630. The molecule has 0 saturated heterocycles. The van der Waals surface area contributed by atoms with Gasteiger partial charge in [0.2, 0.25) is 5.91 Å². The van der Waals surface area contributed by atoms with Gasteiger partial charge in [0.15, 0.2) is 0 Å². The molecule has 1 N–H and O–H groups in total. The standard InChI is InChI=1S/C22H20F2N2O3S/c1-15-3-8-19(13-16(15)2)25-22(27)14-26(20-9-4-17(23)5-10-20)30(28,29)21-11-6-18(24)7-12-21/h3-13H,14H2,1-2H3,(H,25,27). The fraction of sp³-hybridized carbons (Fsp3) is 0.136. The van der Waals surface area contributed by atoms with E-state index in [4.69, 9.17) is 0 Å². The highest BCUT2D eigenvalue weighted by Gasteiger charge is 2.27. The van der Waals surface area contributed by atoms with E-state index < -0.39 is 34.1 Å². The van der Waals surface area contributed by atoms with Crippen LogP contribution in [0.25, 0.3) is 0 Å². The predicted molar refractivity (Wildman–Crippen MR) is 112 cm³/mol. The first-order valence-electron chi connectivity index (χ1n) is 9.08. The van der Waals surface area contributed by atoms with Crippen LogP contribution in [-0.4, -0.2) is 20.9 Å². The van der Waals surface area contributed by atoms with Crippen molar-refractivity contribution in [1.29, 1.82) is 0 Å². The number of carbonyl (C=O) groups is 1. The summed E-state index contributed by atoms with van der Waals surface area (Å²) in [5, 5.41) is 2.68. The molecule has 0 radical (unpaired) electrons. The number of sulfonamides is 1. The number of nitrogens with one attached hydrogen (secondary N) is 1. The number of rotatable bonds is 6. The van der Waals surface area contributed by atoms with Crippen molar-refractivity contribution in [3.05, 3.63) is 89.5 Å². The molecule has 0 unspecified atom stereocenters. The van der Waals surface area contributed by atoms with Gasteiger partial charge in [-0.1, -0.05) is 6.07 Å². The van der Waals surface area contributed by atoms with Gasteiger partial charge in [0.05, 0.1) is 10.6 Å². The van der Waals surface area contributed by atoms with Gasteiger partial charge in [-0.15, -0.1) is 0 Å². The molecule has 5 nitrogen and oxygen atoms in total. The van der Waals surface area contributed by atoms with Crippen molar-refractivity contribution in [2.45, 2.75) is 18.7 Å². The molecule has 0 atom stereocenters. The lowest BCUT2D eigenvalue weighted by atomic mass is 10.1. The molecular weight excluding hydrogens is 410 g/mol. The second kappa shape index (κ2) is 8.62. The molecule has 8 heteroatoms. The number of hydrogen-bond donors (Lipinski definition) is 1. The topological polar surface area (TPSA) is 66.5 Å². The van der Waals surface area contributed by atoms with E-state index in [1.54, 1.807) is 12.1 Å². The first-order valence-corrected chi connectivity index (χ1v) is 10.5. The highest BCUT2D eigenvalue weighted by atomic mass is 32.2. The van der Waals surface area contributed by atoms with Crippen LogP contribution in [-0.2, 0) is 14.8 Å². The second-order valence-electron chi connectivity index (χ2n) is 6.79. The summed E-state index contributed by atoms with van der Waals surface area (Å²) < 4.78 is 53.7. The van der Waals surface area contributed by atoms with Crippen molar-refractivity contribution in [2.24, 2.45) is 0 Å². The number of nitrogens with zero attached hydrogens (tertiary/aromatic N) is 1. The summed E-state index contributed by atoms with van der Waals surface area (Å²) in [6.45, 7) is 3.29. The Morgan fingerprint density at radius 1 is 0.867 bits per heavy atom. The molecular formula is C22H20F2N2O3S. The van der Waals surface area contributed by atoms with Gasteiger partial charge in [-0.25, -0.2) is 17.2 Å².